The van der Waals surface area contributed by atoms with E-state index >= 15 is 0 Å². The van der Waals surface area contributed by atoms with E-state index in [1.165, 1.54) is 5.57 Å². The number of carbonyl (C=O) groups is 1. The van der Waals surface area contributed by atoms with E-state index < -0.39 is 0 Å². The van der Waals surface area contributed by atoms with Crippen LogP contribution in [0.25, 0.3) is 0 Å². The summed E-state index contributed by atoms with van der Waals surface area (Å²) in [7, 11) is 0. The van der Waals surface area contributed by atoms with Gasteiger partial charge in [0, 0.05) is 41.7 Å². The molecule has 1 aliphatic heterocycles. The van der Waals surface area contributed by atoms with E-state index in [4.69, 9.17) is 0 Å². The molecule has 1 amide bonds. The summed E-state index contributed by atoms with van der Waals surface area (Å²) in [4.78, 5) is 21.4. The highest BCUT2D eigenvalue weighted by Crippen LogP contribution is 2.24. The van der Waals surface area contributed by atoms with Crippen molar-refractivity contribution in [3.8, 4) is 0 Å². The van der Waals surface area contributed by atoms with Crippen molar-refractivity contribution in [2.24, 2.45) is 9.98 Å². The normalized spacial score (nSPS) is 19.5. The topological polar surface area (TPSA) is 65.8 Å². The number of nitrogens with one attached hydrogen (secondary N) is 2. The van der Waals surface area contributed by atoms with E-state index in [0.29, 0.717) is 12.2 Å². The standard InChI is InChI=1S/C24H32N4OS/c1-16-10-11-21(15-22(16)27-19(4)20-8-6-5-7-9-20)28-23(29)12-13-30-24-25-17(2)14-18(3)26-24/h6,8-11,15,17,19,27H,5,7,12-14H2,1-4H3,(H,28,29). The second-order valence-electron chi connectivity index (χ2n) is 8.04. The molecule has 5 nitrogen and oxygen atoms in total. The molecule has 0 saturated heterocycles. The number of rotatable bonds is 7. The molecular weight excluding hydrogens is 392 g/mol. The fourth-order valence-electron chi connectivity index (χ4n) is 3.55. The number of aryl methyl sites for hydroxylation is 1. The Morgan fingerprint density at radius 2 is 2.13 bits per heavy atom. The molecule has 160 valence electrons. The number of hydrogen-bond donors (Lipinski definition) is 2. The summed E-state index contributed by atoms with van der Waals surface area (Å²) in [5.41, 5.74) is 5.44. The first-order chi connectivity index (χ1) is 14.4. The first kappa shape index (κ1) is 22.3. The molecule has 2 unspecified atom stereocenters. The van der Waals surface area contributed by atoms with Gasteiger partial charge in [-0.3, -0.25) is 9.79 Å². The van der Waals surface area contributed by atoms with Crippen LogP contribution in [0.4, 0.5) is 11.4 Å². The molecular formula is C24H32N4OS. The number of thioether (sulfide) groups is 1. The van der Waals surface area contributed by atoms with E-state index in [2.05, 4.69) is 59.6 Å². The van der Waals surface area contributed by atoms with Crippen molar-refractivity contribution < 1.29 is 4.79 Å². The van der Waals surface area contributed by atoms with Crippen LogP contribution in [-0.4, -0.2) is 34.6 Å². The summed E-state index contributed by atoms with van der Waals surface area (Å²) in [6, 6.07) is 6.52. The molecule has 2 N–H and O–H groups in total. The molecule has 2 aliphatic rings. The van der Waals surface area contributed by atoms with Gasteiger partial charge in [-0.2, -0.15) is 0 Å². The van der Waals surface area contributed by atoms with Gasteiger partial charge in [0.2, 0.25) is 5.91 Å². The van der Waals surface area contributed by atoms with E-state index in [0.717, 1.165) is 47.1 Å². The number of allylic oxidation sites excluding steroid dienone is 2. The zero-order chi connectivity index (χ0) is 21.5. The second-order valence-corrected chi connectivity index (χ2v) is 9.10. The molecule has 0 fully saturated rings. The molecule has 0 aromatic heterocycles. The van der Waals surface area contributed by atoms with Gasteiger partial charge in [0.15, 0.2) is 5.17 Å². The smallest absolute Gasteiger partial charge is 0.225 e. The van der Waals surface area contributed by atoms with Crippen LogP contribution >= 0.6 is 11.8 Å². The van der Waals surface area contributed by atoms with Crippen LogP contribution in [0.15, 0.2) is 52.0 Å². The SMILES string of the molecule is CC1=NC(SCCC(=O)Nc2ccc(C)c(NC(C)C3=CCCC=C3)c2)=NC(C)C1. The lowest BCUT2D eigenvalue weighted by Crippen LogP contribution is -2.19. The highest BCUT2D eigenvalue weighted by atomic mass is 32.2. The highest BCUT2D eigenvalue weighted by molar-refractivity contribution is 8.13. The number of anilines is 2. The third kappa shape index (κ3) is 6.59. The summed E-state index contributed by atoms with van der Waals surface area (Å²) in [6.45, 7) is 8.37. The molecule has 30 heavy (non-hydrogen) atoms. The van der Waals surface area contributed by atoms with Crippen molar-refractivity contribution in [3.05, 3.63) is 47.6 Å². The lowest BCUT2D eigenvalue weighted by atomic mass is 10.0. The third-order valence-electron chi connectivity index (χ3n) is 5.19. The van der Waals surface area contributed by atoms with Crippen molar-refractivity contribution in [1.82, 2.24) is 0 Å². The molecule has 0 radical (unpaired) electrons. The Kier molecular flexibility index (Phi) is 7.91. The van der Waals surface area contributed by atoms with Crippen LogP contribution in [0.3, 0.4) is 0 Å². The van der Waals surface area contributed by atoms with Gasteiger partial charge < -0.3 is 10.6 Å². The highest BCUT2D eigenvalue weighted by Gasteiger charge is 2.13. The monoisotopic (exact) mass is 424 g/mol. The van der Waals surface area contributed by atoms with E-state index in [9.17, 15) is 4.79 Å². The van der Waals surface area contributed by atoms with Crippen LogP contribution in [0.2, 0.25) is 0 Å². The van der Waals surface area contributed by atoms with Crippen molar-refractivity contribution in [2.75, 3.05) is 16.4 Å². The van der Waals surface area contributed by atoms with Crippen LogP contribution < -0.4 is 10.6 Å². The summed E-state index contributed by atoms with van der Waals surface area (Å²) < 4.78 is 0. The summed E-state index contributed by atoms with van der Waals surface area (Å²) >= 11 is 1.55. The van der Waals surface area contributed by atoms with Gasteiger partial charge in [0.1, 0.15) is 0 Å². The molecule has 0 saturated carbocycles. The van der Waals surface area contributed by atoms with Crippen molar-refractivity contribution in [2.45, 2.75) is 65.5 Å². The summed E-state index contributed by atoms with van der Waals surface area (Å²) in [5.74, 6) is 0.677. The lowest BCUT2D eigenvalue weighted by molar-refractivity contribution is -0.115. The molecule has 6 heteroatoms. The number of amides is 1. The van der Waals surface area contributed by atoms with Crippen LogP contribution in [-0.2, 0) is 4.79 Å². The summed E-state index contributed by atoms with van der Waals surface area (Å²) in [5, 5.41) is 7.40. The van der Waals surface area contributed by atoms with Crippen LogP contribution in [0, 0.1) is 6.92 Å². The van der Waals surface area contributed by atoms with Gasteiger partial charge in [0.25, 0.3) is 0 Å². The second kappa shape index (κ2) is 10.6. The predicted octanol–water partition coefficient (Wildman–Crippen LogP) is 5.74. The van der Waals surface area contributed by atoms with E-state index in [1.54, 1.807) is 11.8 Å². The van der Waals surface area contributed by atoms with Crippen molar-refractivity contribution >= 4 is 39.9 Å². The predicted molar refractivity (Wildman–Crippen MR) is 131 cm³/mol. The molecule has 3 rings (SSSR count). The van der Waals surface area contributed by atoms with Gasteiger partial charge in [-0.1, -0.05) is 36.1 Å². The Hall–Kier alpha value is -2.34. The Balaban J connectivity index is 1.52. The number of carbonyl (C=O) groups excluding carboxylic acids is 1. The van der Waals surface area contributed by atoms with Crippen molar-refractivity contribution in [3.63, 3.8) is 0 Å². The molecule has 2 atom stereocenters. The number of aliphatic imine (C=N–C) groups is 2. The quantitative estimate of drug-likeness (QED) is 0.586. The van der Waals surface area contributed by atoms with Gasteiger partial charge in [-0.05, 0) is 63.8 Å². The molecule has 1 aromatic carbocycles. The maximum atomic E-state index is 12.4. The first-order valence-corrected chi connectivity index (χ1v) is 11.7. The minimum atomic E-state index is 0.00781. The van der Waals surface area contributed by atoms with Crippen molar-refractivity contribution in [1.29, 1.82) is 0 Å². The minimum Gasteiger partial charge on any atom is -0.378 e. The number of nitrogens with zero attached hydrogens (tertiary/aromatic N) is 2. The minimum absolute atomic E-state index is 0.00781. The van der Waals surface area contributed by atoms with Crippen LogP contribution in [0.1, 0.15) is 52.0 Å². The fourth-order valence-corrected chi connectivity index (χ4v) is 4.50. The zero-order valence-electron chi connectivity index (χ0n) is 18.4. The summed E-state index contributed by atoms with van der Waals surface area (Å²) in [6.07, 6.45) is 10.3. The largest absolute Gasteiger partial charge is 0.378 e. The van der Waals surface area contributed by atoms with E-state index in [1.807, 2.05) is 25.1 Å². The zero-order valence-corrected chi connectivity index (χ0v) is 19.2. The first-order valence-electron chi connectivity index (χ1n) is 10.7. The van der Waals surface area contributed by atoms with Gasteiger partial charge >= 0.3 is 0 Å². The van der Waals surface area contributed by atoms with Gasteiger partial charge in [0.05, 0.1) is 6.04 Å². The molecule has 0 bridgehead atoms. The Bertz CT molecular complexity index is 900. The molecule has 1 aromatic rings. The fraction of sp³-hybridized carbons (Fsp3) is 0.458. The maximum absolute atomic E-state index is 12.4. The average molecular weight is 425 g/mol. The van der Waals surface area contributed by atoms with Gasteiger partial charge in [-0.25, -0.2) is 4.99 Å². The Morgan fingerprint density at radius 3 is 2.87 bits per heavy atom. The number of amidine groups is 1. The Labute approximate surface area is 184 Å². The maximum Gasteiger partial charge on any atom is 0.225 e. The van der Waals surface area contributed by atoms with E-state index in [-0.39, 0.29) is 18.0 Å². The average Bonchev–Trinajstić information content (AvgIpc) is 2.70. The Morgan fingerprint density at radius 1 is 1.30 bits per heavy atom. The molecule has 1 heterocycles. The molecule has 1 aliphatic carbocycles. The third-order valence-corrected chi connectivity index (χ3v) is 6.05. The lowest BCUT2D eigenvalue weighted by Gasteiger charge is -2.20. The van der Waals surface area contributed by atoms with Gasteiger partial charge in [-0.15, -0.1) is 0 Å². The number of hydrogen-bond acceptors (Lipinski definition) is 5. The number of benzene rings is 1. The van der Waals surface area contributed by atoms with Crippen LogP contribution in [0.5, 0.6) is 0 Å². The molecule has 0 spiro atoms.